The third kappa shape index (κ3) is 3.09. The van der Waals surface area contributed by atoms with Crippen molar-refractivity contribution in [1.82, 2.24) is 10.3 Å². The highest BCUT2D eigenvalue weighted by Gasteiger charge is 2.70. The average molecular weight is 379 g/mol. The van der Waals surface area contributed by atoms with Crippen molar-refractivity contribution in [2.75, 3.05) is 0 Å². The van der Waals surface area contributed by atoms with Gasteiger partial charge in [-0.05, 0) is 48.8 Å². The number of aromatic nitrogens is 1. The maximum absolute atomic E-state index is 13.3. The van der Waals surface area contributed by atoms with Crippen molar-refractivity contribution >= 4 is 5.91 Å². The van der Waals surface area contributed by atoms with E-state index in [-0.39, 0.29) is 34.3 Å². The minimum absolute atomic E-state index is 0.0154. The lowest BCUT2D eigenvalue weighted by molar-refractivity contribution is -0.124. The molecule has 4 rings (SSSR count). The van der Waals surface area contributed by atoms with Gasteiger partial charge in [-0.2, -0.15) is 0 Å². The van der Waals surface area contributed by atoms with Crippen LogP contribution in [-0.4, -0.2) is 16.5 Å². The zero-order valence-electron chi connectivity index (χ0n) is 17.5. The van der Waals surface area contributed by atoms with Crippen molar-refractivity contribution in [3.8, 4) is 5.75 Å². The molecule has 2 aromatic rings. The van der Waals surface area contributed by atoms with Gasteiger partial charge in [0.05, 0.1) is 6.04 Å². The number of carbonyl (C=O) groups excluding carboxylic acids is 1. The third-order valence-electron chi connectivity index (χ3n) is 7.00. The second-order valence-corrected chi connectivity index (χ2v) is 9.78. The van der Waals surface area contributed by atoms with Crippen LogP contribution in [0.3, 0.4) is 0 Å². The van der Waals surface area contributed by atoms with E-state index in [2.05, 4.69) is 57.1 Å². The Labute approximate surface area is 167 Å². The molecule has 0 spiro atoms. The van der Waals surface area contributed by atoms with Gasteiger partial charge in [0.2, 0.25) is 5.91 Å². The molecule has 1 aromatic carbocycles. The maximum atomic E-state index is 13.3. The van der Waals surface area contributed by atoms with Crippen LogP contribution in [0.1, 0.15) is 58.2 Å². The molecule has 28 heavy (non-hydrogen) atoms. The lowest BCUT2D eigenvalue weighted by Crippen LogP contribution is -2.42. The number of rotatable bonds is 4. The Morgan fingerprint density at radius 3 is 2.61 bits per heavy atom. The number of fused-ring (bicyclic) bond motifs is 1. The first-order chi connectivity index (χ1) is 13.1. The Balaban J connectivity index is 1.54. The summed E-state index contributed by atoms with van der Waals surface area (Å²) in [5.41, 5.74) is 1.84. The van der Waals surface area contributed by atoms with Crippen LogP contribution in [0, 0.1) is 16.7 Å². The average Bonchev–Trinajstić information content (AvgIpc) is 3.06. The molecule has 1 unspecified atom stereocenters. The Morgan fingerprint density at radius 1 is 1.14 bits per heavy atom. The van der Waals surface area contributed by atoms with Gasteiger partial charge >= 0.3 is 0 Å². The standard InChI is InChI=1S/C24H30N2O2/c1-22(2)14-18(17-10-6-7-11-19(17)28-22)26-21(27)20-23(3,4)24(20,5)13-16-9-8-12-25-15-16/h6-12,15,18,20H,13-14H2,1-5H3,(H,26,27)/t18-,20?,24+/m0/s1. The summed E-state index contributed by atoms with van der Waals surface area (Å²) in [6.07, 6.45) is 5.33. The maximum Gasteiger partial charge on any atom is 0.224 e. The largest absolute Gasteiger partial charge is 0.487 e. The van der Waals surface area contributed by atoms with Gasteiger partial charge in [0.25, 0.3) is 0 Å². The van der Waals surface area contributed by atoms with E-state index in [0.29, 0.717) is 0 Å². The van der Waals surface area contributed by atoms with E-state index in [1.807, 2.05) is 30.5 Å². The van der Waals surface area contributed by atoms with E-state index in [4.69, 9.17) is 4.74 Å². The second-order valence-electron chi connectivity index (χ2n) is 9.78. The number of ether oxygens (including phenoxy) is 1. The molecule has 0 bridgehead atoms. The van der Waals surface area contributed by atoms with Gasteiger partial charge < -0.3 is 10.1 Å². The molecule has 4 heteroatoms. The molecule has 0 saturated heterocycles. The van der Waals surface area contributed by atoms with Crippen LogP contribution in [0.5, 0.6) is 5.75 Å². The van der Waals surface area contributed by atoms with Crippen LogP contribution in [0.25, 0.3) is 0 Å². The molecule has 1 aromatic heterocycles. The topological polar surface area (TPSA) is 51.2 Å². The van der Waals surface area contributed by atoms with Crippen LogP contribution < -0.4 is 10.1 Å². The smallest absolute Gasteiger partial charge is 0.224 e. The highest BCUT2D eigenvalue weighted by Crippen LogP contribution is 2.70. The Morgan fingerprint density at radius 2 is 1.89 bits per heavy atom. The van der Waals surface area contributed by atoms with Crippen molar-refractivity contribution < 1.29 is 9.53 Å². The molecule has 4 nitrogen and oxygen atoms in total. The Hall–Kier alpha value is -2.36. The number of pyridine rings is 1. The number of hydrogen-bond acceptors (Lipinski definition) is 3. The van der Waals surface area contributed by atoms with Crippen LogP contribution in [0.4, 0.5) is 0 Å². The van der Waals surface area contributed by atoms with Gasteiger partial charge in [-0.25, -0.2) is 0 Å². The lowest BCUT2D eigenvalue weighted by atomic mass is 9.89. The van der Waals surface area contributed by atoms with E-state index in [1.165, 1.54) is 5.56 Å². The number of hydrogen-bond donors (Lipinski definition) is 1. The van der Waals surface area contributed by atoms with E-state index in [1.54, 1.807) is 6.20 Å². The number of nitrogens with zero attached hydrogens (tertiary/aromatic N) is 1. The number of nitrogens with one attached hydrogen (secondary N) is 1. The number of carbonyl (C=O) groups is 1. The van der Waals surface area contributed by atoms with Gasteiger partial charge in [0.1, 0.15) is 11.4 Å². The minimum Gasteiger partial charge on any atom is -0.487 e. The molecule has 1 aliphatic carbocycles. The third-order valence-corrected chi connectivity index (χ3v) is 7.00. The molecule has 1 fully saturated rings. The summed E-state index contributed by atoms with van der Waals surface area (Å²) in [6, 6.07) is 12.1. The summed E-state index contributed by atoms with van der Waals surface area (Å²) in [5, 5.41) is 3.35. The molecule has 1 saturated carbocycles. The molecule has 3 atom stereocenters. The number of amides is 1. The summed E-state index contributed by atoms with van der Waals surface area (Å²) < 4.78 is 6.11. The highest BCUT2D eigenvalue weighted by molar-refractivity contribution is 5.85. The summed E-state index contributed by atoms with van der Waals surface area (Å²) in [6.45, 7) is 10.8. The van der Waals surface area contributed by atoms with Crippen molar-refractivity contribution in [1.29, 1.82) is 0 Å². The quantitative estimate of drug-likeness (QED) is 0.839. The first kappa shape index (κ1) is 19.0. The van der Waals surface area contributed by atoms with E-state index >= 15 is 0 Å². The van der Waals surface area contributed by atoms with Gasteiger partial charge in [-0.15, -0.1) is 0 Å². The summed E-state index contributed by atoms with van der Waals surface area (Å²) >= 11 is 0. The molecule has 148 valence electrons. The lowest BCUT2D eigenvalue weighted by Gasteiger charge is -2.38. The second kappa shape index (κ2) is 6.33. The summed E-state index contributed by atoms with van der Waals surface area (Å²) in [7, 11) is 0. The van der Waals surface area contributed by atoms with Crippen molar-refractivity contribution in [2.24, 2.45) is 16.7 Å². The molecule has 0 radical (unpaired) electrons. The molecule has 2 heterocycles. The zero-order valence-corrected chi connectivity index (χ0v) is 17.5. The first-order valence-electron chi connectivity index (χ1n) is 10.1. The van der Waals surface area contributed by atoms with Gasteiger partial charge in [-0.1, -0.05) is 45.0 Å². The summed E-state index contributed by atoms with van der Waals surface area (Å²) in [5.74, 6) is 1.00. The van der Waals surface area contributed by atoms with Crippen molar-refractivity contribution in [3.63, 3.8) is 0 Å². The number of para-hydroxylation sites is 1. The van der Waals surface area contributed by atoms with Gasteiger partial charge in [-0.3, -0.25) is 9.78 Å². The van der Waals surface area contributed by atoms with Crippen molar-refractivity contribution in [3.05, 3.63) is 59.9 Å². The van der Waals surface area contributed by atoms with Gasteiger partial charge in [0.15, 0.2) is 0 Å². The zero-order chi connectivity index (χ0) is 20.2. The molecule has 2 aliphatic rings. The fourth-order valence-electron chi connectivity index (χ4n) is 5.13. The van der Waals surface area contributed by atoms with Crippen LogP contribution >= 0.6 is 0 Å². The molecular weight excluding hydrogens is 348 g/mol. The predicted octanol–water partition coefficient (Wildman–Crippen LogP) is 4.71. The Kier molecular flexibility index (Phi) is 4.29. The molecular formula is C24H30N2O2. The molecule has 1 amide bonds. The number of benzene rings is 1. The van der Waals surface area contributed by atoms with Gasteiger partial charge in [0, 0.05) is 30.3 Å². The van der Waals surface area contributed by atoms with Crippen molar-refractivity contribution in [2.45, 2.75) is 59.1 Å². The molecule has 1 N–H and O–H groups in total. The van der Waals surface area contributed by atoms with E-state index in [0.717, 1.165) is 24.2 Å². The monoisotopic (exact) mass is 378 g/mol. The minimum atomic E-state index is -0.301. The van der Waals surface area contributed by atoms with Crippen LogP contribution in [0.2, 0.25) is 0 Å². The summed E-state index contributed by atoms with van der Waals surface area (Å²) in [4.78, 5) is 17.6. The normalized spacial score (nSPS) is 29.3. The Bertz CT molecular complexity index is 890. The van der Waals surface area contributed by atoms with E-state index < -0.39 is 0 Å². The fraction of sp³-hybridized carbons (Fsp3) is 0.500. The highest BCUT2D eigenvalue weighted by atomic mass is 16.5. The predicted molar refractivity (Wildman–Crippen MR) is 110 cm³/mol. The molecule has 1 aliphatic heterocycles. The fourth-order valence-corrected chi connectivity index (χ4v) is 5.13. The van der Waals surface area contributed by atoms with Crippen LogP contribution in [0.15, 0.2) is 48.8 Å². The first-order valence-corrected chi connectivity index (χ1v) is 10.1. The van der Waals surface area contributed by atoms with E-state index in [9.17, 15) is 4.79 Å². The van der Waals surface area contributed by atoms with Crippen LogP contribution in [-0.2, 0) is 11.2 Å². The SMILES string of the molecule is CC1(C)C[C@H](NC(=O)C2C(C)(C)[C@]2(C)Cc2cccnc2)c2ccccc2O1.